The van der Waals surface area contributed by atoms with Crippen molar-refractivity contribution in [2.45, 2.75) is 63.0 Å². The first-order chi connectivity index (χ1) is 8.93. The largest absolute Gasteiger partial charge is 0.377 e. The highest BCUT2D eigenvalue weighted by Crippen LogP contribution is 2.34. The molecule has 0 aromatic carbocycles. The molecule has 1 N–H and O–H groups in total. The SMILES string of the molecule is CNC(CCCS(C)(=O)=O)C1(OC)CCCCCC1. The van der Waals surface area contributed by atoms with E-state index in [1.165, 1.54) is 31.9 Å². The summed E-state index contributed by atoms with van der Waals surface area (Å²) in [4.78, 5) is 0. The highest BCUT2D eigenvalue weighted by molar-refractivity contribution is 7.90. The maximum absolute atomic E-state index is 11.2. The molecule has 0 bridgehead atoms. The van der Waals surface area contributed by atoms with Gasteiger partial charge in [-0.05, 0) is 32.7 Å². The molecule has 5 heteroatoms. The van der Waals surface area contributed by atoms with Crippen molar-refractivity contribution in [3.8, 4) is 0 Å². The van der Waals surface area contributed by atoms with Gasteiger partial charge in [0.2, 0.25) is 0 Å². The summed E-state index contributed by atoms with van der Waals surface area (Å²) in [5, 5.41) is 3.36. The maximum atomic E-state index is 11.2. The summed E-state index contributed by atoms with van der Waals surface area (Å²) >= 11 is 0. The van der Waals surface area contributed by atoms with Crippen LogP contribution in [0.1, 0.15) is 51.4 Å². The third-order valence-corrected chi connectivity index (χ3v) is 5.38. The van der Waals surface area contributed by atoms with E-state index in [9.17, 15) is 8.42 Å². The number of hydrogen-bond acceptors (Lipinski definition) is 4. The number of ether oxygens (including phenoxy) is 1. The minimum atomic E-state index is -2.86. The Morgan fingerprint density at radius 1 is 1.21 bits per heavy atom. The smallest absolute Gasteiger partial charge is 0.147 e. The summed E-state index contributed by atoms with van der Waals surface area (Å²) in [7, 11) is 0.892. The minimum Gasteiger partial charge on any atom is -0.377 e. The fourth-order valence-electron chi connectivity index (χ4n) is 3.24. The zero-order valence-corrected chi connectivity index (χ0v) is 13.4. The van der Waals surface area contributed by atoms with Gasteiger partial charge in [-0.25, -0.2) is 8.42 Å². The van der Waals surface area contributed by atoms with E-state index >= 15 is 0 Å². The van der Waals surface area contributed by atoms with Gasteiger partial charge in [-0.3, -0.25) is 0 Å². The number of rotatable bonds is 7. The first-order valence-corrected chi connectivity index (χ1v) is 9.40. The van der Waals surface area contributed by atoms with Crippen LogP contribution in [0.15, 0.2) is 0 Å². The van der Waals surface area contributed by atoms with Crippen LogP contribution < -0.4 is 5.32 Å². The van der Waals surface area contributed by atoms with Gasteiger partial charge in [0, 0.05) is 25.2 Å². The molecule has 0 saturated heterocycles. The fourth-order valence-corrected chi connectivity index (χ4v) is 3.93. The molecule has 1 unspecified atom stereocenters. The molecule has 1 aliphatic carbocycles. The van der Waals surface area contributed by atoms with Crippen LogP contribution >= 0.6 is 0 Å². The highest BCUT2D eigenvalue weighted by Gasteiger charge is 2.38. The molecule has 19 heavy (non-hydrogen) atoms. The molecule has 0 heterocycles. The van der Waals surface area contributed by atoms with E-state index in [1.54, 1.807) is 7.11 Å². The van der Waals surface area contributed by atoms with Gasteiger partial charge in [0.1, 0.15) is 9.84 Å². The number of likely N-dealkylation sites (N-methyl/N-ethyl adjacent to an activating group) is 1. The van der Waals surface area contributed by atoms with Gasteiger partial charge in [0.25, 0.3) is 0 Å². The maximum Gasteiger partial charge on any atom is 0.147 e. The second kappa shape index (κ2) is 7.60. The zero-order valence-electron chi connectivity index (χ0n) is 12.6. The van der Waals surface area contributed by atoms with Gasteiger partial charge in [-0.2, -0.15) is 0 Å². The Morgan fingerprint density at radius 3 is 2.21 bits per heavy atom. The van der Waals surface area contributed by atoms with Gasteiger partial charge in [0.05, 0.1) is 5.60 Å². The van der Waals surface area contributed by atoms with Crippen LogP contribution in [0.5, 0.6) is 0 Å². The van der Waals surface area contributed by atoms with Crippen molar-refractivity contribution >= 4 is 9.84 Å². The molecule has 0 amide bonds. The first-order valence-electron chi connectivity index (χ1n) is 7.34. The van der Waals surface area contributed by atoms with E-state index in [-0.39, 0.29) is 17.4 Å². The van der Waals surface area contributed by atoms with Crippen LogP contribution in [0.3, 0.4) is 0 Å². The van der Waals surface area contributed by atoms with Gasteiger partial charge in [-0.15, -0.1) is 0 Å². The first kappa shape index (κ1) is 16.9. The summed E-state index contributed by atoms with van der Waals surface area (Å²) in [6, 6.07) is 0.248. The van der Waals surface area contributed by atoms with E-state index < -0.39 is 9.84 Å². The van der Waals surface area contributed by atoms with Crippen molar-refractivity contribution < 1.29 is 13.2 Å². The normalized spacial score (nSPS) is 21.8. The van der Waals surface area contributed by atoms with Crippen molar-refractivity contribution in [3.63, 3.8) is 0 Å². The standard InChI is InChI=1S/C14H29NO3S/c1-15-13(9-8-12-19(3,16)17)14(18-2)10-6-4-5-7-11-14/h13,15H,4-12H2,1-3H3. The molecule has 0 aliphatic heterocycles. The lowest BCUT2D eigenvalue weighted by Gasteiger charge is -2.39. The average molecular weight is 291 g/mol. The Bertz CT molecular complexity index is 346. The minimum absolute atomic E-state index is 0.108. The van der Waals surface area contributed by atoms with E-state index in [2.05, 4.69) is 5.32 Å². The molecule has 1 aliphatic rings. The van der Waals surface area contributed by atoms with E-state index in [4.69, 9.17) is 4.74 Å². The van der Waals surface area contributed by atoms with Gasteiger partial charge < -0.3 is 10.1 Å². The number of hydrogen-bond donors (Lipinski definition) is 1. The van der Waals surface area contributed by atoms with E-state index in [1.807, 2.05) is 7.05 Å². The van der Waals surface area contributed by atoms with Crippen molar-refractivity contribution in [2.75, 3.05) is 26.2 Å². The summed E-state index contributed by atoms with van der Waals surface area (Å²) in [5.41, 5.74) is -0.108. The number of methoxy groups -OCH3 is 1. The quantitative estimate of drug-likeness (QED) is 0.730. The Kier molecular flexibility index (Phi) is 6.77. The molecule has 1 saturated carbocycles. The molecular formula is C14H29NO3S. The van der Waals surface area contributed by atoms with Crippen LogP contribution in [0, 0.1) is 0 Å². The molecule has 0 aromatic rings. The summed E-state index contributed by atoms with van der Waals surface area (Å²) < 4.78 is 28.3. The summed E-state index contributed by atoms with van der Waals surface area (Å²) in [6.07, 6.45) is 10.00. The van der Waals surface area contributed by atoms with Gasteiger partial charge in [0.15, 0.2) is 0 Å². The van der Waals surface area contributed by atoms with E-state index in [0.717, 1.165) is 19.3 Å². The lowest BCUT2D eigenvalue weighted by molar-refractivity contribution is -0.0531. The molecule has 0 aromatic heterocycles. The molecule has 1 rings (SSSR count). The number of sulfone groups is 1. The van der Waals surface area contributed by atoms with E-state index in [0.29, 0.717) is 6.42 Å². The van der Waals surface area contributed by atoms with Crippen molar-refractivity contribution in [1.29, 1.82) is 0 Å². The topological polar surface area (TPSA) is 55.4 Å². The molecule has 114 valence electrons. The second-order valence-corrected chi connectivity index (χ2v) is 8.06. The Labute approximate surface area is 118 Å². The number of nitrogens with one attached hydrogen (secondary N) is 1. The zero-order chi connectivity index (χ0) is 14.4. The van der Waals surface area contributed by atoms with Crippen LogP contribution in [0.4, 0.5) is 0 Å². The predicted octanol–water partition coefficient (Wildman–Crippen LogP) is 2.14. The lowest BCUT2D eigenvalue weighted by Crippen LogP contribution is -2.50. The molecular weight excluding hydrogens is 262 g/mol. The summed E-state index contributed by atoms with van der Waals surface area (Å²) in [6.45, 7) is 0. The third-order valence-electron chi connectivity index (χ3n) is 4.35. The van der Waals surface area contributed by atoms with Crippen LogP contribution in [-0.4, -0.2) is 46.2 Å². The fraction of sp³-hybridized carbons (Fsp3) is 1.00. The molecule has 1 fully saturated rings. The predicted molar refractivity (Wildman–Crippen MR) is 79.2 cm³/mol. The molecule has 4 nitrogen and oxygen atoms in total. The lowest BCUT2D eigenvalue weighted by atomic mass is 9.84. The van der Waals surface area contributed by atoms with Crippen LogP contribution in [0.2, 0.25) is 0 Å². The molecule has 0 radical (unpaired) electrons. The molecule has 0 spiro atoms. The Morgan fingerprint density at radius 2 is 1.79 bits per heavy atom. The third kappa shape index (κ3) is 5.40. The average Bonchev–Trinajstić information content (AvgIpc) is 2.59. The van der Waals surface area contributed by atoms with Crippen molar-refractivity contribution in [2.24, 2.45) is 0 Å². The van der Waals surface area contributed by atoms with Crippen molar-refractivity contribution in [1.82, 2.24) is 5.32 Å². The Balaban J connectivity index is 2.63. The van der Waals surface area contributed by atoms with Crippen LogP contribution in [-0.2, 0) is 14.6 Å². The van der Waals surface area contributed by atoms with Gasteiger partial charge in [-0.1, -0.05) is 25.7 Å². The van der Waals surface area contributed by atoms with Crippen LogP contribution in [0.25, 0.3) is 0 Å². The Hall–Kier alpha value is -0.130. The highest BCUT2D eigenvalue weighted by atomic mass is 32.2. The van der Waals surface area contributed by atoms with Crippen molar-refractivity contribution in [3.05, 3.63) is 0 Å². The second-order valence-electron chi connectivity index (χ2n) is 5.80. The summed E-state index contributed by atoms with van der Waals surface area (Å²) in [5.74, 6) is 0.269. The molecule has 1 atom stereocenters. The monoisotopic (exact) mass is 291 g/mol. The van der Waals surface area contributed by atoms with Gasteiger partial charge >= 0.3 is 0 Å².